The number of carbonyl (C=O) groups excluding carboxylic acids is 1. The van der Waals surface area contributed by atoms with Crippen LogP contribution in [0, 0.1) is 0 Å². The van der Waals surface area contributed by atoms with Gasteiger partial charge in [-0.15, -0.1) is 0 Å². The third-order valence-electron chi connectivity index (χ3n) is 3.39. The summed E-state index contributed by atoms with van der Waals surface area (Å²) in [4.78, 5) is 14.0. The lowest BCUT2D eigenvalue weighted by atomic mass is 10.2. The Hall–Kier alpha value is -1.33. The van der Waals surface area contributed by atoms with Crippen LogP contribution >= 0.6 is 0 Å². The van der Waals surface area contributed by atoms with Crippen molar-refractivity contribution in [2.75, 3.05) is 20.3 Å². The molecule has 1 fully saturated rings. The maximum Gasteiger partial charge on any atom is 0.270 e. The normalized spacial score (nSPS) is 23.6. The maximum absolute atomic E-state index is 12.4. The van der Waals surface area contributed by atoms with E-state index >= 15 is 0 Å². The summed E-state index contributed by atoms with van der Waals surface area (Å²) in [7, 11) is 1.71. The molecule has 2 heterocycles. The SMILES string of the molecule is CC(C)n1cccc1C(=O)N(C)[C@H]1COC[C@@H]1O. The number of carbonyl (C=O) groups is 1. The molecule has 0 bridgehead atoms. The Morgan fingerprint density at radius 1 is 1.56 bits per heavy atom. The average molecular weight is 252 g/mol. The molecule has 2 rings (SSSR count). The Morgan fingerprint density at radius 2 is 2.28 bits per heavy atom. The Morgan fingerprint density at radius 3 is 2.83 bits per heavy atom. The van der Waals surface area contributed by atoms with Crippen LogP contribution in [0.15, 0.2) is 18.3 Å². The summed E-state index contributed by atoms with van der Waals surface area (Å²) in [5, 5.41) is 9.76. The quantitative estimate of drug-likeness (QED) is 0.869. The fraction of sp³-hybridized carbons (Fsp3) is 0.615. The summed E-state index contributed by atoms with van der Waals surface area (Å²) in [6.45, 7) is 4.76. The molecule has 1 aromatic heterocycles. The van der Waals surface area contributed by atoms with Crippen molar-refractivity contribution >= 4 is 5.91 Å². The molecule has 100 valence electrons. The van der Waals surface area contributed by atoms with E-state index in [1.807, 2.05) is 30.7 Å². The van der Waals surface area contributed by atoms with Crippen LogP contribution in [-0.2, 0) is 4.74 Å². The molecule has 1 saturated heterocycles. The van der Waals surface area contributed by atoms with Crippen molar-refractivity contribution in [1.82, 2.24) is 9.47 Å². The van der Waals surface area contributed by atoms with Crippen LogP contribution in [0.25, 0.3) is 0 Å². The van der Waals surface area contributed by atoms with Gasteiger partial charge < -0.3 is 19.3 Å². The van der Waals surface area contributed by atoms with Gasteiger partial charge in [0.2, 0.25) is 0 Å². The lowest BCUT2D eigenvalue weighted by Gasteiger charge is -2.26. The molecule has 18 heavy (non-hydrogen) atoms. The van der Waals surface area contributed by atoms with Crippen molar-refractivity contribution < 1.29 is 14.6 Å². The molecule has 0 aromatic carbocycles. The first-order valence-electron chi connectivity index (χ1n) is 6.22. The zero-order valence-electron chi connectivity index (χ0n) is 11.0. The predicted molar refractivity (Wildman–Crippen MR) is 67.5 cm³/mol. The molecule has 1 amide bonds. The van der Waals surface area contributed by atoms with E-state index in [0.29, 0.717) is 18.9 Å². The van der Waals surface area contributed by atoms with Crippen LogP contribution in [0.4, 0.5) is 0 Å². The topological polar surface area (TPSA) is 54.7 Å². The number of nitrogens with zero attached hydrogens (tertiary/aromatic N) is 2. The van der Waals surface area contributed by atoms with Crippen molar-refractivity contribution in [3.05, 3.63) is 24.0 Å². The minimum absolute atomic E-state index is 0.0803. The molecule has 0 radical (unpaired) electrons. The minimum atomic E-state index is -0.596. The van der Waals surface area contributed by atoms with E-state index in [0.717, 1.165) is 0 Å². The van der Waals surface area contributed by atoms with Gasteiger partial charge in [-0.05, 0) is 26.0 Å². The second-order valence-corrected chi connectivity index (χ2v) is 4.98. The summed E-state index contributed by atoms with van der Waals surface area (Å²) >= 11 is 0. The highest BCUT2D eigenvalue weighted by molar-refractivity contribution is 5.93. The van der Waals surface area contributed by atoms with Crippen molar-refractivity contribution in [1.29, 1.82) is 0 Å². The third kappa shape index (κ3) is 2.28. The van der Waals surface area contributed by atoms with Crippen molar-refractivity contribution in [2.24, 2.45) is 0 Å². The molecule has 5 nitrogen and oxygen atoms in total. The molecule has 0 unspecified atom stereocenters. The van der Waals surface area contributed by atoms with Crippen LogP contribution in [0.1, 0.15) is 30.4 Å². The van der Waals surface area contributed by atoms with Crippen molar-refractivity contribution in [3.63, 3.8) is 0 Å². The first-order valence-corrected chi connectivity index (χ1v) is 6.22. The summed E-state index contributed by atoms with van der Waals surface area (Å²) in [6, 6.07) is 3.65. The highest BCUT2D eigenvalue weighted by Gasteiger charge is 2.33. The zero-order valence-corrected chi connectivity index (χ0v) is 11.0. The second kappa shape index (κ2) is 5.12. The minimum Gasteiger partial charge on any atom is -0.388 e. The average Bonchev–Trinajstić information content (AvgIpc) is 2.95. The van der Waals surface area contributed by atoms with Crippen LogP contribution < -0.4 is 0 Å². The van der Waals surface area contributed by atoms with Crippen LogP contribution in [0.5, 0.6) is 0 Å². The standard InChI is InChI=1S/C13H20N2O3/c1-9(2)15-6-4-5-10(15)13(17)14(3)11-7-18-8-12(11)16/h4-6,9,11-12,16H,7-8H2,1-3H3/t11-,12-/m0/s1. The van der Waals surface area contributed by atoms with Gasteiger partial charge in [0.15, 0.2) is 0 Å². The Kier molecular flexibility index (Phi) is 3.73. The molecule has 5 heteroatoms. The van der Waals surface area contributed by atoms with Gasteiger partial charge >= 0.3 is 0 Å². The van der Waals surface area contributed by atoms with Crippen molar-refractivity contribution in [2.45, 2.75) is 32.0 Å². The van der Waals surface area contributed by atoms with Gasteiger partial charge in [-0.3, -0.25) is 4.79 Å². The number of rotatable bonds is 3. The van der Waals surface area contributed by atoms with E-state index in [4.69, 9.17) is 4.74 Å². The number of amides is 1. The lowest BCUT2D eigenvalue weighted by Crippen LogP contribution is -2.44. The fourth-order valence-electron chi connectivity index (χ4n) is 2.26. The number of likely N-dealkylation sites (N-methyl/N-ethyl adjacent to an activating group) is 1. The molecule has 1 aromatic rings. The Bertz CT molecular complexity index is 428. The van der Waals surface area contributed by atoms with E-state index in [1.165, 1.54) is 0 Å². The molecule has 0 aliphatic carbocycles. The number of aliphatic hydroxyl groups excluding tert-OH is 1. The molecule has 1 N–H and O–H groups in total. The van der Waals surface area contributed by atoms with Gasteiger partial charge in [0, 0.05) is 19.3 Å². The van der Waals surface area contributed by atoms with Gasteiger partial charge in [-0.2, -0.15) is 0 Å². The summed E-state index contributed by atoms with van der Waals surface area (Å²) in [5.74, 6) is -0.0803. The Labute approximate surface area is 107 Å². The van der Waals surface area contributed by atoms with Gasteiger partial charge in [-0.1, -0.05) is 0 Å². The van der Waals surface area contributed by atoms with Crippen LogP contribution in [-0.4, -0.2) is 52.9 Å². The molecular formula is C13H20N2O3. The zero-order chi connectivity index (χ0) is 13.3. The van der Waals surface area contributed by atoms with Gasteiger partial charge in [0.25, 0.3) is 5.91 Å². The van der Waals surface area contributed by atoms with Gasteiger partial charge in [-0.25, -0.2) is 0 Å². The highest BCUT2D eigenvalue weighted by atomic mass is 16.5. The number of hydrogen-bond donors (Lipinski definition) is 1. The van der Waals surface area contributed by atoms with Crippen LogP contribution in [0.2, 0.25) is 0 Å². The monoisotopic (exact) mass is 252 g/mol. The van der Waals surface area contributed by atoms with E-state index in [1.54, 1.807) is 18.0 Å². The highest BCUT2D eigenvalue weighted by Crippen LogP contribution is 2.17. The van der Waals surface area contributed by atoms with Gasteiger partial charge in [0.1, 0.15) is 5.69 Å². The fourth-order valence-corrected chi connectivity index (χ4v) is 2.26. The number of aliphatic hydroxyl groups is 1. The third-order valence-corrected chi connectivity index (χ3v) is 3.39. The molecule has 1 aliphatic heterocycles. The second-order valence-electron chi connectivity index (χ2n) is 4.98. The summed E-state index contributed by atoms with van der Waals surface area (Å²) in [6.07, 6.45) is 1.30. The lowest BCUT2D eigenvalue weighted by molar-refractivity contribution is 0.0570. The largest absolute Gasteiger partial charge is 0.388 e. The Balaban J connectivity index is 2.17. The van der Waals surface area contributed by atoms with Crippen molar-refractivity contribution in [3.8, 4) is 0 Å². The van der Waals surface area contributed by atoms with Crippen LogP contribution in [0.3, 0.4) is 0 Å². The molecule has 2 atom stereocenters. The first kappa shape index (κ1) is 13.1. The van der Waals surface area contributed by atoms with Gasteiger partial charge in [0.05, 0.1) is 25.4 Å². The number of ether oxygens (including phenoxy) is 1. The molecule has 0 saturated carbocycles. The summed E-state index contributed by atoms with van der Waals surface area (Å²) < 4.78 is 7.12. The van der Waals surface area contributed by atoms with E-state index in [2.05, 4.69) is 0 Å². The first-order chi connectivity index (χ1) is 8.52. The molecule has 1 aliphatic rings. The maximum atomic E-state index is 12.4. The van der Waals surface area contributed by atoms with E-state index < -0.39 is 6.10 Å². The van der Waals surface area contributed by atoms with E-state index in [9.17, 15) is 9.90 Å². The van der Waals surface area contributed by atoms with E-state index in [-0.39, 0.29) is 18.0 Å². The molecule has 0 spiro atoms. The number of hydrogen-bond acceptors (Lipinski definition) is 3. The predicted octanol–water partition coefficient (Wildman–Crippen LogP) is 0.901. The summed E-state index contributed by atoms with van der Waals surface area (Å²) in [5.41, 5.74) is 0.645. The smallest absolute Gasteiger partial charge is 0.270 e. The number of aromatic nitrogens is 1. The molecular weight excluding hydrogens is 232 g/mol.